The number of anilines is 1. The van der Waals surface area contributed by atoms with Gasteiger partial charge in [-0.2, -0.15) is 0 Å². The van der Waals surface area contributed by atoms with Gasteiger partial charge in [0, 0.05) is 44.3 Å². The summed E-state index contributed by atoms with van der Waals surface area (Å²) in [5.41, 5.74) is 0. The third-order valence-corrected chi connectivity index (χ3v) is 5.07. The van der Waals surface area contributed by atoms with Crippen molar-refractivity contribution in [1.82, 2.24) is 15.6 Å². The summed E-state index contributed by atoms with van der Waals surface area (Å²) >= 11 is 6.29. The van der Waals surface area contributed by atoms with Crippen molar-refractivity contribution in [1.29, 1.82) is 0 Å². The average Bonchev–Trinajstić information content (AvgIpc) is 3.34. The van der Waals surface area contributed by atoms with Gasteiger partial charge >= 0.3 is 0 Å². The maximum absolute atomic E-state index is 6.29. The van der Waals surface area contributed by atoms with Crippen molar-refractivity contribution >= 4 is 23.4 Å². The standard InChI is InChI=1S/C20H28ClN5O/c1-3-15(2)24-20(23-11-8-17-6-5-13-27-17)25-16-9-12-26(14-16)19-18(21)7-4-10-22-19/h4-7,10,13,15-16H,3,8-9,11-12,14H2,1-2H3,(H2,23,24,25). The van der Waals surface area contributed by atoms with Gasteiger partial charge < -0.3 is 20.0 Å². The highest BCUT2D eigenvalue weighted by Gasteiger charge is 2.25. The van der Waals surface area contributed by atoms with Gasteiger partial charge in [-0.1, -0.05) is 18.5 Å². The molecule has 2 N–H and O–H groups in total. The smallest absolute Gasteiger partial charge is 0.191 e. The number of hydrogen-bond acceptors (Lipinski definition) is 4. The monoisotopic (exact) mass is 389 g/mol. The second-order valence-corrected chi connectivity index (χ2v) is 7.31. The fourth-order valence-corrected chi connectivity index (χ4v) is 3.32. The molecule has 2 atom stereocenters. The quantitative estimate of drug-likeness (QED) is 0.560. The Kier molecular flexibility index (Phi) is 6.98. The molecule has 2 aromatic rings. The zero-order valence-corrected chi connectivity index (χ0v) is 16.7. The number of furan rings is 1. The summed E-state index contributed by atoms with van der Waals surface area (Å²) in [6.07, 6.45) is 6.34. The van der Waals surface area contributed by atoms with E-state index in [1.165, 1.54) is 0 Å². The Hall–Kier alpha value is -2.21. The van der Waals surface area contributed by atoms with E-state index in [9.17, 15) is 0 Å². The number of aliphatic imine (C=N–C) groups is 1. The van der Waals surface area contributed by atoms with Crippen LogP contribution in [0, 0.1) is 0 Å². The molecule has 0 aromatic carbocycles. The van der Waals surface area contributed by atoms with E-state index in [4.69, 9.17) is 21.0 Å². The van der Waals surface area contributed by atoms with E-state index >= 15 is 0 Å². The van der Waals surface area contributed by atoms with E-state index in [1.54, 1.807) is 12.5 Å². The lowest BCUT2D eigenvalue weighted by Gasteiger charge is -2.22. The molecule has 0 spiro atoms. The molecular weight excluding hydrogens is 362 g/mol. The van der Waals surface area contributed by atoms with Crippen LogP contribution in [0.2, 0.25) is 5.02 Å². The summed E-state index contributed by atoms with van der Waals surface area (Å²) in [5.74, 6) is 2.67. The average molecular weight is 390 g/mol. The fourth-order valence-electron chi connectivity index (χ4n) is 3.07. The zero-order chi connectivity index (χ0) is 19.1. The van der Waals surface area contributed by atoms with Crippen LogP contribution in [0.1, 0.15) is 32.4 Å². The molecular formula is C20H28ClN5O. The van der Waals surface area contributed by atoms with Crippen molar-refractivity contribution in [3.05, 3.63) is 47.5 Å². The maximum atomic E-state index is 6.29. The molecule has 2 unspecified atom stereocenters. The predicted octanol–water partition coefficient (Wildman–Crippen LogP) is 3.48. The topological polar surface area (TPSA) is 65.7 Å². The van der Waals surface area contributed by atoms with Crippen molar-refractivity contribution in [2.24, 2.45) is 4.99 Å². The summed E-state index contributed by atoms with van der Waals surface area (Å²) in [6.45, 7) is 6.80. The largest absolute Gasteiger partial charge is 0.469 e. The molecule has 2 aromatic heterocycles. The van der Waals surface area contributed by atoms with E-state index in [2.05, 4.69) is 34.4 Å². The molecule has 1 saturated heterocycles. The second-order valence-electron chi connectivity index (χ2n) is 6.90. The Labute approximate surface area is 166 Å². The Morgan fingerprint density at radius 1 is 1.44 bits per heavy atom. The Balaban J connectivity index is 1.59. The van der Waals surface area contributed by atoms with Crippen LogP contribution in [-0.2, 0) is 6.42 Å². The van der Waals surface area contributed by atoms with E-state index in [0.29, 0.717) is 23.7 Å². The SMILES string of the molecule is CCC(C)NC(=NCCc1ccco1)NC1CCN(c2ncccc2Cl)C1. The number of halogens is 1. The van der Waals surface area contributed by atoms with Gasteiger partial charge in [-0.25, -0.2) is 4.98 Å². The normalized spacial score (nSPS) is 18.6. The molecule has 3 heterocycles. The van der Waals surface area contributed by atoms with Crippen molar-refractivity contribution < 1.29 is 4.42 Å². The van der Waals surface area contributed by atoms with Gasteiger partial charge in [-0.3, -0.25) is 4.99 Å². The lowest BCUT2D eigenvalue weighted by Crippen LogP contribution is -2.47. The summed E-state index contributed by atoms with van der Waals surface area (Å²) in [7, 11) is 0. The van der Waals surface area contributed by atoms with Crippen molar-refractivity contribution in [2.75, 3.05) is 24.5 Å². The number of nitrogens with zero attached hydrogens (tertiary/aromatic N) is 3. The maximum Gasteiger partial charge on any atom is 0.191 e. The zero-order valence-electron chi connectivity index (χ0n) is 16.0. The summed E-state index contributed by atoms with van der Waals surface area (Å²) < 4.78 is 5.39. The highest BCUT2D eigenvalue weighted by Crippen LogP contribution is 2.25. The number of rotatable bonds is 7. The third-order valence-electron chi connectivity index (χ3n) is 4.77. The number of nitrogens with one attached hydrogen (secondary N) is 2. The van der Waals surface area contributed by atoms with E-state index in [0.717, 1.165) is 49.9 Å². The molecule has 146 valence electrons. The van der Waals surface area contributed by atoms with Crippen molar-refractivity contribution in [2.45, 2.75) is 45.2 Å². The van der Waals surface area contributed by atoms with Crippen LogP contribution in [0.15, 0.2) is 46.1 Å². The van der Waals surface area contributed by atoms with Gasteiger partial charge in [0.1, 0.15) is 11.6 Å². The van der Waals surface area contributed by atoms with Crippen molar-refractivity contribution in [3.63, 3.8) is 0 Å². The number of aromatic nitrogens is 1. The van der Waals surface area contributed by atoms with Crippen LogP contribution in [-0.4, -0.2) is 42.7 Å². The van der Waals surface area contributed by atoms with Crippen LogP contribution in [0.5, 0.6) is 0 Å². The molecule has 0 aliphatic carbocycles. The van der Waals surface area contributed by atoms with Gasteiger partial charge in [0.05, 0.1) is 11.3 Å². The van der Waals surface area contributed by atoms with Crippen LogP contribution in [0.3, 0.4) is 0 Å². The molecule has 6 nitrogen and oxygen atoms in total. The summed E-state index contributed by atoms with van der Waals surface area (Å²) in [4.78, 5) is 11.4. The first-order valence-corrected chi connectivity index (χ1v) is 9.99. The second kappa shape index (κ2) is 9.65. The van der Waals surface area contributed by atoms with Crippen molar-refractivity contribution in [3.8, 4) is 0 Å². The Morgan fingerprint density at radius 3 is 3.07 bits per heavy atom. The number of hydrogen-bond donors (Lipinski definition) is 2. The first kappa shape index (κ1) is 19.5. The van der Waals surface area contributed by atoms with E-state index in [1.807, 2.05) is 24.3 Å². The molecule has 1 aliphatic heterocycles. The molecule has 1 fully saturated rings. The van der Waals surface area contributed by atoms with E-state index < -0.39 is 0 Å². The van der Waals surface area contributed by atoms with Crippen LogP contribution in [0.25, 0.3) is 0 Å². The fraction of sp³-hybridized carbons (Fsp3) is 0.500. The molecule has 0 saturated carbocycles. The van der Waals surface area contributed by atoms with Gasteiger partial charge in [0.25, 0.3) is 0 Å². The predicted molar refractivity (Wildman–Crippen MR) is 111 cm³/mol. The third kappa shape index (κ3) is 5.63. The molecule has 0 radical (unpaired) electrons. The molecule has 7 heteroatoms. The summed E-state index contributed by atoms with van der Waals surface area (Å²) in [5, 5.41) is 7.76. The minimum atomic E-state index is 0.307. The highest BCUT2D eigenvalue weighted by molar-refractivity contribution is 6.32. The molecule has 0 amide bonds. The van der Waals surface area contributed by atoms with E-state index in [-0.39, 0.29) is 0 Å². The van der Waals surface area contributed by atoms with Gasteiger partial charge in [0.2, 0.25) is 0 Å². The van der Waals surface area contributed by atoms with Gasteiger partial charge in [-0.05, 0) is 44.0 Å². The minimum Gasteiger partial charge on any atom is -0.469 e. The first-order chi connectivity index (χ1) is 13.2. The van der Waals surface area contributed by atoms with Crippen LogP contribution < -0.4 is 15.5 Å². The summed E-state index contributed by atoms with van der Waals surface area (Å²) in [6, 6.07) is 8.31. The Morgan fingerprint density at radius 2 is 2.33 bits per heavy atom. The number of guanidine groups is 1. The molecule has 3 rings (SSSR count). The lowest BCUT2D eigenvalue weighted by atomic mass is 10.2. The minimum absolute atomic E-state index is 0.307. The molecule has 0 bridgehead atoms. The first-order valence-electron chi connectivity index (χ1n) is 9.61. The molecule has 1 aliphatic rings. The van der Waals surface area contributed by atoms with Crippen LogP contribution in [0.4, 0.5) is 5.82 Å². The van der Waals surface area contributed by atoms with Gasteiger partial charge in [0.15, 0.2) is 5.96 Å². The van der Waals surface area contributed by atoms with Gasteiger partial charge in [-0.15, -0.1) is 0 Å². The lowest BCUT2D eigenvalue weighted by molar-refractivity contribution is 0.510. The number of pyridine rings is 1. The van der Waals surface area contributed by atoms with Crippen LogP contribution >= 0.6 is 11.6 Å². The highest BCUT2D eigenvalue weighted by atomic mass is 35.5. The molecule has 27 heavy (non-hydrogen) atoms. The Bertz CT molecular complexity index is 734.